The Morgan fingerprint density at radius 1 is 0.964 bits per heavy atom. The van der Waals surface area contributed by atoms with Gasteiger partial charge in [-0.3, -0.25) is 9.59 Å². The van der Waals surface area contributed by atoms with Crippen molar-refractivity contribution in [3.8, 4) is 5.69 Å². The van der Waals surface area contributed by atoms with Crippen molar-refractivity contribution in [2.45, 2.75) is 38.5 Å². The molecule has 0 unspecified atom stereocenters. The number of nitrogens with zero attached hydrogens (tertiary/aromatic N) is 4. The van der Waals surface area contributed by atoms with Crippen LogP contribution in [0.3, 0.4) is 0 Å². The molecule has 28 heavy (non-hydrogen) atoms. The summed E-state index contributed by atoms with van der Waals surface area (Å²) in [6, 6.07) is 7.57. The lowest BCUT2D eigenvalue weighted by Gasteiger charge is -2.35. The van der Waals surface area contributed by atoms with E-state index >= 15 is 0 Å². The number of carbonyl (C=O) groups excluding carboxylic acids is 2. The molecule has 148 valence electrons. The van der Waals surface area contributed by atoms with E-state index in [1.54, 1.807) is 12.5 Å². The normalized spacial score (nSPS) is 17.9. The summed E-state index contributed by atoms with van der Waals surface area (Å²) in [7, 11) is 0. The molecule has 0 bridgehead atoms. The van der Waals surface area contributed by atoms with Gasteiger partial charge in [0.05, 0.1) is 6.33 Å². The van der Waals surface area contributed by atoms with E-state index in [-0.39, 0.29) is 11.8 Å². The van der Waals surface area contributed by atoms with Crippen LogP contribution in [0.25, 0.3) is 5.69 Å². The molecular weight excluding hydrogens is 352 g/mol. The van der Waals surface area contributed by atoms with Crippen molar-refractivity contribution in [1.29, 1.82) is 0 Å². The predicted octanol–water partition coefficient (Wildman–Crippen LogP) is 3.13. The average molecular weight is 380 g/mol. The smallest absolute Gasteiger partial charge is 0.253 e. The first-order chi connectivity index (χ1) is 13.7. The second-order valence-electron chi connectivity index (χ2n) is 7.88. The number of aromatic nitrogens is 2. The summed E-state index contributed by atoms with van der Waals surface area (Å²) in [5.74, 6) is 1.04. The maximum Gasteiger partial charge on any atom is 0.253 e. The fourth-order valence-electron chi connectivity index (χ4n) is 4.31. The Hall–Kier alpha value is -2.63. The molecule has 1 aliphatic heterocycles. The average Bonchev–Trinajstić information content (AvgIpc) is 3.46. The molecule has 1 saturated heterocycles. The number of hydrogen-bond acceptors (Lipinski definition) is 3. The molecule has 0 radical (unpaired) electrons. The highest BCUT2D eigenvalue weighted by Gasteiger charge is 2.25. The zero-order valence-electron chi connectivity index (χ0n) is 16.3. The highest BCUT2D eigenvalue weighted by molar-refractivity contribution is 5.94. The van der Waals surface area contributed by atoms with Crippen LogP contribution in [0.4, 0.5) is 0 Å². The van der Waals surface area contributed by atoms with Gasteiger partial charge in [-0.05, 0) is 36.6 Å². The SMILES string of the molecule is O=C(CCC1CCCC1)N1CCN(C(=O)c2ccc(-n3ccnc3)cc2)CC1. The van der Waals surface area contributed by atoms with Crippen LogP contribution in [0, 0.1) is 5.92 Å². The van der Waals surface area contributed by atoms with Crippen LogP contribution in [0.5, 0.6) is 0 Å². The van der Waals surface area contributed by atoms with Crippen molar-refractivity contribution in [2.75, 3.05) is 26.2 Å². The molecule has 0 spiro atoms. The number of benzene rings is 1. The maximum atomic E-state index is 12.8. The molecule has 2 aromatic rings. The van der Waals surface area contributed by atoms with Crippen molar-refractivity contribution in [2.24, 2.45) is 5.92 Å². The summed E-state index contributed by atoms with van der Waals surface area (Å²) in [5.41, 5.74) is 1.66. The molecule has 1 saturated carbocycles. The van der Waals surface area contributed by atoms with Crippen LogP contribution in [0.1, 0.15) is 48.9 Å². The van der Waals surface area contributed by atoms with E-state index in [0.717, 1.165) is 18.0 Å². The Balaban J connectivity index is 1.27. The summed E-state index contributed by atoms with van der Waals surface area (Å²) in [6.45, 7) is 2.50. The molecule has 1 aromatic heterocycles. The van der Waals surface area contributed by atoms with E-state index in [4.69, 9.17) is 0 Å². The van der Waals surface area contributed by atoms with Gasteiger partial charge in [0.2, 0.25) is 5.91 Å². The number of carbonyl (C=O) groups is 2. The number of piperazine rings is 1. The van der Waals surface area contributed by atoms with Gasteiger partial charge in [-0.15, -0.1) is 0 Å². The Morgan fingerprint density at radius 2 is 1.64 bits per heavy atom. The summed E-state index contributed by atoms with van der Waals surface area (Å²) in [5, 5.41) is 0. The van der Waals surface area contributed by atoms with Gasteiger partial charge < -0.3 is 14.4 Å². The van der Waals surface area contributed by atoms with Gasteiger partial charge in [-0.2, -0.15) is 0 Å². The van der Waals surface area contributed by atoms with E-state index in [1.807, 2.05) is 44.8 Å². The van der Waals surface area contributed by atoms with Crippen molar-refractivity contribution in [3.63, 3.8) is 0 Å². The van der Waals surface area contributed by atoms with Gasteiger partial charge in [0.1, 0.15) is 0 Å². The fourth-order valence-corrected chi connectivity index (χ4v) is 4.31. The van der Waals surface area contributed by atoms with Gasteiger partial charge in [0, 0.05) is 56.2 Å². The second kappa shape index (κ2) is 8.59. The zero-order chi connectivity index (χ0) is 19.3. The number of rotatable bonds is 5. The van der Waals surface area contributed by atoms with Crippen LogP contribution >= 0.6 is 0 Å². The Kier molecular flexibility index (Phi) is 5.74. The molecule has 2 amide bonds. The summed E-state index contributed by atoms with van der Waals surface area (Å²) in [6.07, 6.45) is 12.2. The lowest BCUT2D eigenvalue weighted by molar-refractivity contribution is -0.133. The first-order valence-corrected chi connectivity index (χ1v) is 10.4. The van der Waals surface area contributed by atoms with Gasteiger partial charge in [-0.1, -0.05) is 25.7 Å². The third kappa shape index (κ3) is 4.26. The lowest BCUT2D eigenvalue weighted by atomic mass is 10.0. The van der Waals surface area contributed by atoms with E-state index in [0.29, 0.717) is 38.2 Å². The minimum atomic E-state index is 0.0373. The molecule has 0 atom stereocenters. The van der Waals surface area contributed by atoms with Crippen LogP contribution in [-0.4, -0.2) is 57.3 Å². The fraction of sp³-hybridized carbons (Fsp3) is 0.500. The third-order valence-electron chi connectivity index (χ3n) is 6.08. The minimum Gasteiger partial charge on any atom is -0.339 e. The molecule has 1 aromatic carbocycles. The minimum absolute atomic E-state index is 0.0373. The standard InChI is InChI=1S/C22H28N4O2/c27-21(10-5-18-3-1-2-4-18)24-13-15-25(16-14-24)22(28)19-6-8-20(9-7-19)26-12-11-23-17-26/h6-9,11-12,17-18H,1-5,10,13-16H2. The first kappa shape index (κ1) is 18.7. The van der Waals surface area contributed by atoms with Crippen LogP contribution < -0.4 is 0 Å². The van der Waals surface area contributed by atoms with Crippen LogP contribution in [0.15, 0.2) is 43.0 Å². The summed E-state index contributed by atoms with van der Waals surface area (Å²) in [4.78, 5) is 33.1. The molecule has 6 nitrogen and oxygen atoms in total. The Morgan fingerprint density at radius 3 is 2.29 bits per heavy atom. The van der Waals surface area contributed by atoms with Crippen molar-refractivity contribution in [3.05, 3.63) is 48.5 Å². The van der Waals surface area contributed by atoms with E-state index < -0.39 is 0 Å². The molecule has 2 heterocycles. The molecule has 1 aliphatic carbocycles. The highest BCUT2D eigenvalue weighted by atomic mass is 16.2. The van der Waals surface area contributed by atoms with E-state index in [9.17, 15) is 9.59 Å². The van der Waals surface area contributed by atoms with E-state index in [1.165, 1.54) is 25.7 Å². The quantitative estimate of drug-likeness (QED) is 0.801. The predicted molar refractivity (Wildman–Crippen MR) is 107 cm³/mol. The maximum absolute atomic E-state index is 12.8. The van der Waals surface area contributed by atoms with Gasteiger partial charge in [0.25, 0.3) is 5.91 Å². The number of imidazole rings is 1. The van der Waals surface area contributed by atoms with Crippen molar-refractivity contribution >= 4 is 11.8 Å². The summed E-state index contributed by atoms with van der Waals surface area (Å²) >= 11 is 0. The van der Waals surface area contributed by atoms with Gasteiger partial charge >= 0.3 is 0 Å². The number of hydrogen-bond donors (Lipinski definition) is 0. The monoisotopic (exact) mass is 380 g/mol. The first-order valence-electron chi connectivity index (χ1n) is 10.4. The third-order valence-corrected chi connectivity index (χ3v) is 6.08. The van der Waals surface area contributed by atoms with Crippen LogP contribution in [0.2, 0.25) is 0 Å². The summed E-state index contributed by atoms with van der Waals surface area (Å²) < 4.78 is 1.91. The molecule has 4 rings (SSSR count). The second-order valence-corrected chi connectivity index (χ2v) is 7.88. The molecule has 6 heteroatoms. The van der Waals surface area contributed by atoms with Crippen LogP contribution in [-0.2, 0) is 4.79 Å². The highest BCUT2D eigenvalue weighted by Crippen LogP contribution is 2.28. The number of amides is 2. The lowest BCUT2D eigenvalue weighted by Crippen LogP contribution is -2.50. The molecule has 2 aliphatic rings. The van der Waals surface area contributed by atoms with Gasteiger partial charge in [-0.25, -0.2) is 4.98 Å². The molecule has 2 fully saturated rings. The van der Waals surface area contributed by atoms with Crippen molar-refractivity contribution in [1.82, 2.24) is 19.4 Å². The molecular formula is C22H28N4O2. The Bertz CT molecular complexity index is 786. The van der Waals surface area contributed by atoms with Gasteiger partial charge in [0.15, 0.2) is 0 Å². The molecule has 0 N–H and O–H groups in total. The van der Waals surface area contributed by atoms with Crippen molar-refractivity contribution < 1.29 is 9.59 Å². The van der Waals surface area contributed by atoms with E-state index in [2.05, 4.69) is 4.98 Å². The largest absolute Gasteiger partial charge is 0.339 e. The topological polar surface area (TPSA) is 58.4 Å². The Labute approximate surface area is 166 Å². The zero-order valence-corrected chi connectivity index (χ0v) is 16.3.